The van der Waals surface area contributed by atoms with Crippen LogP contribution in [0.5, 0.6) is 0 Å². The zero-order valence-corrected chi connectivity index (χ0v) is 21.0. The zero-order chi connectivity index (χ0) is 25.8. The van der Waals surface area contributed by atoms with Crippen LogP contribution in [0.4, 0.5) is 4.79 Å². The van der Waals surface area contributed by atoms with Crippen LogP contribution in [-0.4, -0.2) is 48.7 Å². The third kappa shape index (κ3) is 5.87. The topological polar surface area (TPSA) is 88.8 Å². The first kappa shape index (κ1) is 25.4. The van der Waals surface area contributed by atoms with E-state index < -0.39 is 42.6 Å². The molecule has 2 aliphatic rings. The van der Waals surface area contributed by atoms with Gasteiger partial charge in [-0.05, 0) is 37.1 Å². The Hall–Kier alpha value is -3.21. The van der Waals surface area contributed by atoms with Crippen LogP contribution in [0.25, 0.3) is 0 Å². The van der Waals surface area contributed by atoms with Gasteiger partial charge in [0, 0.05) is 7.11 Å². The Kier molecular flexibility index (Phi) is 7.59. The van der Waals surface area contributed by atoms with Gasteiger partial charge in [-0.15, -0.1) is 5.06 Å². The maximum Gasteiger partial charge on any atom is 0.528 e. The highest BCUT2D eigenvalue weighted by atomic mass is 16.8. The second kappa shape index (κ2) is 11.0. The molecule has 0 spiro atoms. The quantitative estimate of drug-likeness (QED) is 0.293. The predicted octanol–water partition coefficient (Wildman–Crippen LogP) is 4.98. The van der Waals surface area contributed by atoms with Crippen molar-refractivity contribution >= 4 is 6.16 Å². The summed E-state index contributed by atoms with van der Waals surface area (Å²) < 4.78 is 35.4. The predicted molar refractivity (Wildman–Crippen MR) is 131 cm³/mol. The summed E-state index contributed by atoms with van der Waals surface area (Å²) in [6.07, 6.45) is -1.57. The molecule has 2 fully saturated rings. The fraction of sp³-hybridized carbons (Fsp3) is 0.393. The number of benzene rings is 2. The van der Waals surface area contributed by atoms with Crippen LogP contribution in [0.1, 0.15) is 36.8 Å². The Morgan fingerprint density at radius 1 is 0.946 bits per heavy atom. The molecule has 0 saturated carbocycles. The molecule has 1 aromatic heterocycles. The summed E-state index contributed by atoms with van der Waals surface area (Å²) in [6, 6.07) is 21.9. The molecule has 196 valence electrons. The number of hydrogen-bond donors (Lipinski definition) is 0. The molecule has 9 nitrogen and oxygen atoms in total. The number of hydrogen-bond acceptors (Lipinski definition) is 9. The third-order valence-electron chi connectivity index (χ3n) is 6.31. The van der Waals surface area contributed by atoms with E-state index in [4.69, 9.17) is 32.9 Å². The lowest BCUT2D eigenvalue weighted by Crippen LogP contribution is -2.43. The second-order valence-corrected chi connectivity index (χ2v) is 9.41. The summed E-state index contributed by atoms with van der Waals surface area (Å²) in [5, 5.41) is 1.51. The van der Waals surface area contributed by atoms with Gasteiger partial charge in [0.2, 0.25) is 0 Å². The highest BCUT2D eigenvalue weighted by Crippen LogP contribution is 2.45. The molecule has 0 unspecified atom stereocenters. The first-order valence-electron chi connectivity index (χ1n) is 12.2. The highest BCUT2D eigenvalue weighted by molar-refractivity contribution is 5.59. The number of fused-ring (bicyclic) bond motifs is 1. The van der Waals surface area contributed by atoms with Crippen molar-refractivity contribution in [3.05, 3.63) is 95.9 Å². The van der Waals surface area contributed by atoms with Gasteiger partial charge >= 0.3 is 6.16 Å². The number of furan rings is 1. The summed E-state index contributed by atoms with van der Waals surface area (Å²) in [6.45, 7) is 4.00. The largest absolute Gasteiger partial charge is 0.528 e. The molecule has 3 aromatic rings. The van der Waals surface area contributed by atoms with E-state index in [1.165, 1.54) is 5.06 Å². The monoisotopic (exact) mass is 509 g/mol. The molecule has 2 aliphatic heterocycles. The average molecular weight is 510 g/mol. The molecule has 3 heterocycles. The van der Waals surface area contributed by atoms with Gasteiger partial charge in [-0.3, -0.25) is 0 Å². The van der Waals surface area contributed by atoms with E-state index in [9.17, 15) is 4.79 Å². The van der Waals surface area contributed by atoms with Gasteiger partial charge in [-0.2, -0.15) is 0 Å². The van der Waals surface area contributed by atoms with Crippen molar-refractivity contribution < 1.29 is 37.7 Å². The molecular formula is C28H31NO8. The van der Waals surface area contributed by atoms with Crippen molar-refractivity contribution in [1.29, 1.82) is 0 Å². The smallest absolute Gasteiger partial charge is 0.467 e. The van der Waals surface area contributed by atoms with Gasteiger partial charge in [0.25, 0.3) is 0 Å². The minimum atomic E-state index is -0.849. The van der Waals surface area contributed by atoms with Crippen molar-refractivity contribution in [3.8, 4) is 0 Å². The average Bonchev–Trinajstić information content (AvgIpc) is 3.61. The number of rotatable bonds is 9. The molecule has 0 amide bonds. The van der Waals surface area contributed by atoms with Crippen molar-refractivity contribution in [3.63, 3.8) is 0 Å². The number of nitrogens with zero attached hydrogens (tertiary/aromatic N) is 1. The number of methoxy groups -OCH3 is 1. The van der Waals surface area contributed by atoms with Gasteiger partial charge in [0.1, 0.15) is 36.7 Å². The summed E-state index contributed by atoms with van der Waals surface area (Å²) in [7, 11) is 1.56. The van der Waals surface area contributed by atoms with E-state index in [1.54, 1.807) is 25.5 Å². The number of hydroxylamine groups is 2. The Morgan fingerprint density at radius 3 is 2.27 bits per heavy atom. The summed E-state index contributed by atoms with van der Waals surface area (Å²) in [5.41, 5.74) is 1.76. The van der Waals surface area contributed by atoms with E-state index in [0.717, 1.165) is 11.1 Å². The molecule has 0 bridgehead atoms. The normalized spacial score (nSPS) is 25.1. The van der Waals surface area contributed by atoms with E-state index in [1.807, 2.05) is 74.5 Å². The Labute approximate surface area is 215 Å². The molecule has 5 rings (SSSR count). The van der Waals surface area contributed by atoms with Gasteiger partial charge < -0.3 is 32.9 Å². The second-order valence-electron chi connectivity index (χ2n) is 9.41. The molecule has 0 aliphatic carbocycles. The number of ether oxygens (including phenoxy) is 5. The standard InChI is InChI=1S/C28H31NO8/c1-28(2)35-24-23(34-26(31-3)25(24)36-28)22(21-15-10-16-32-21)29(17-19-11-6-4-7-12-19)37-27(30)33-18-20-13-8-5-9-14-20/h4-16,22-26H,17-18H2,1-3H3/t22-,23-,24-,25-,26-/m1/s1. The Bertz CT molecular complexity index is 1140. The van der Waals surface area contributed by atoms with Crippen molar-refractivity contribution in [2.24, 2.45) is 0 Å². The number of carbonyl (C=O) groups is 1. The molecule has 0 N–H and O–H groups in total. The van der Waals surface area contributed by atoms with Crippen LogP contribution in [-0.2, 0) is 41.7 Å². The van der Waals surface area contributed by atoms with Gasteiger partial charge in [0.05, 0.1) is 12.8 Å². The lowest BCUT2D eigenvalue weighted by molar-refractivity contribution is -0.255. The Morgan fingerprint density at radius 2 is 1.62 bits per heavy atom. The van der Waals surface area contributed by atoms with Crippen molar-refractivity contribution in [2.75, 3.05) is 7.11 Å². The molecule has 0 radical (unpaired) electrons. The maximum absolute atomic E-state index is 12.9. The summed E-state index contributed by atoms with van der Waals surface area (Å²) in [4.78, 5) is 18.8. The third-order valence-corrected chi connectivity index (χ3v) is 6.31. The van der Waals surface area contributed by atoms with Crippen LogP contribution in [0.3, 0.4) is 0 Å². The van der Waals surface area contributed by atoms with E-state index in [0.29, 0.717) is 5.76 Å². The fourth-order valence-electron chi connectivity index (χ4n) is 4.75. The molecular weight excluding hydrogens is 478 g/mol. The lowest BCUT2D eigenvalue weighted by atomic mass is 10.0. The molecule has 9 heteroatoms. The van der Waals surface area contributed by atoms with Crippen LogP contribution in [0.2, 0.25) is 0 Å². The first-order valence-corrected chi connectivity index (χ1v) is 12.2. The van der Waals surface area contributed by atoms with Gasteiger partial charge in [-0.1, -0.05) is 60.7 Å². The minimum Gasteiger partial charge on any atom is -0.467 e. The molecule has 37 heavy (non-hydrogen) atoms. The SMILES string of the molecule is CO[C@@H]1O[C@H]([C@@H](c2ccco2)N(Cc2ccccc2)OC(=O)OCc2ccccc2)[C@H]2OC(C)(C)O[C@@H]12. The fourth-order valence-corrected chi connectivity index (χ4v) is 4.75. The van der Waals surface area contributed by atoms with Crippen molar-refractivity contribution in [1.82, 2.24) is 5.06 Å². The minimum absolute atomic E-state index is 0.0752. The Balaban J connectivity index is 1.44. The van der Waals surface area contributed by atoms with E-state index >= 15 is 0 Å². The number of carbonyl (C=O) groups excluding carboxylic acids is 1. The van der Waals surface area contributed by atoms with Crippen LogP contribution in [0, 0.1) is 0 Å². The maximum atomic E-state index is 12.9. The van der Waals surface area contributed by atoms with Gasteiger partial charge in [0.15, 0.2) is 12.1 Å². The highest BCUT2D eigenvalue weighted by Gasteiger charge is 2.59. The van der Waals surface area contributed by atoms with Crippen LogP contribution >= 0.6 is 0 Å². The zero-order valence-electron chi connectivity index (χ0n) is 21.0. The van der Waals surface area contributed by atoms with E-state index in [2.05, 4.69) is 0 Å². The summed E-state index contributed by atoms with van der Waals surface area (Å²) >= 11 is 0. The van der Waals surface area contributed by atoms with Gasteiger partial charge in [-0.25, -0.2) is 4.79 Å². The molecule has 2 saturated heterocycles. The summed E-state index contributed by atoms with van der Waals surface area (Å²) in [5.74, 6) is -0.303. The lowest BCUT2D eigenvalue weighted by Gasteiger charge is -2.34. The van der Waals surface area contributed by atoms with Crippen molar-refractivity contribution in [2.45, 2.75) is 63.4 Å². The van der Waals surface area contributed by atoms with E-state index in [-0.39, 0.29) is 13.2 Å². The first-order chi connectivity index (χ1) is 17.9. The van der Waals surface area contributed by atoms with Crippen LogP contribution in [0.15, 0.2) is 83.5 Å². The molecule has 2 aromatic carbocycles. The van der Waals surface area contributed by atoms with Crippen LogP contribution < -0.4 is 0 Å². The molecule has 5 atom stereocenters.